The van der Waals surface area contributed by atoms with Gasteiger partial charge in [0.2, 0.25) is 0 Å². The fourth-order valence-electron chi connectivity index (χ4n) is 6.17. The van der Waals surface area contributed by atoms with Crippen molar-refractivity contribution in [2.75, 3.05) is 51.3 Å². The Balaban J connectivity index is 1.16. The van der Waals surface area contributed by atoms with E-state index < -0.39 is 11.7 Å². The Labute approximate surface area is 254 Å². The molecule has 0 aromatic heterocycles. The van der Waals surface area contributed by atoms with Gasteiger partial charge >= 0.3 is 0 Å². The molecule has 6 nitrogen and oxygen atoms in total. The van der Waals surface area contributed by atoms with Crippen LogP contribution < -0.4 is 19.1 Å². The summed E-state index contributed by atoms with van der Waals surface area (Å²) in [6.45, 7) is 8.83. The van der Waals surface area contributed by atoms with Crippen LogP contribution >= 0.6 is 0 Å². The van der Waals surface area contributed by atoms with Gasteiger partial charge < -0.3 is 24.2 Å². The third-order valence-electron chi connectivity index (χ3n) is 8.29. The number of benzene rings is 4. The minimum atomic E-state index is -0.568. The number of β-amino-alcohol motifs (C(OH)–C–C–N with tert-alkyl or cyclic N) is 1. The normalized spacial score (nSPS) is 17.2. The van der Waals surface area contributed by atoms with Crippen molar-refractivity contribution < 1.29 is 19.3 Å². The molecule has 1 unspecified atom stereocenters. The molecule has 2 aliphatic heterocycles. The monoisotopic (exact) mass is 576 g/mol. The van der Waals surface area contributed by atoms with Gasteiger partial charge in [-0.1, -0.05) is 60.7 Å². The van der Waals surface area contributed by atoms with Gasteiger partial charge in [-0.3, -0.25) is 4.90 Å². The Kier molecular flexibility index (Phi) is 8.41. The topological polar surface area (TPSA) is 54.4 Å². The third-order valence-corrected chi connectivity index (χ3v) is 8.29. The van der Waals surface area contributed by atoms with Crippen molar-refractivity contribution in [2.24, 2.45) is 0 Å². The number of fused-ring (bicyclic) bond motifs is 1. The predicted octanol–water partition coefficient (Wildman–Crippen LogP) is 6.39. The van der Waals surface area contributed by atoms with E-state index in [1.54, 1.807) is 7.11 Å². The molecule has 2 aliphatic rings. The summed E-state index contributed by atoms with van der Waals surface area (Å²) in [5.41, 5.74) is 6.16. The summed E-state index contributed by atoms with van der Waals surface area (Å²) in [6.07, 6.45) is -0.562. The van der Waals surface area contributed by atoms with Crippen LogP contribution in [0.1, 0.15) is 30.5 Å². The molecule has 1 saturated heterocycles. The van der Waals surface area contributed by atoms with E-state index in [4.69, 9.17) is 14.2 Å². The smallest absolute Gasteiger partial charge is 0.132 e. The first kappa shape index (κ1) is 28.8. The molecule has 0 saturated carbocycles. The maximum Gasteiger partial charge on any atom is 0.132 e. The van der Waals surface area contributed by atoms with E-state index in [0.29, 0.717) is 6.54 Å². The van der Waals surface area contributed by atoms with Crippen LogP contribution in [0, 0.1) is 0 Å². The van der Waals surface area contributed by atoms with E-state index in [0.717, 1.165) is 71.3 Å². The molecular weight excluding hydrogens is 536 g/mol. The summed E-state index contributed by atoms with van der Waals surface area (Å²) < 4.78 is 18.1. The molecule has 0 radical (unpaired) electrons. The van der Waals surface area contributed by atoms with Crippen LogP contribution in [0.25, 0.3) is 11.1 Å². The first-order valence-electron chi connectivity index (χ1n) is 15.0. The zero-order valence-electron chi connectivity index (χ0n) is 25.2. The molecule has 0 aliphatic carbocycles. The minimum Gasteiger partial charge on any atom is -0.497 e. The lowest BCUT2D eigenvalue weighted by atomic mass is 9.79. The van der Waals surface area contributed by atoms with E-state index in [2.05, 4.69) is 90.4 Å². The zero-order valence-corrected chi connectivity index (χ0v) is 25.2. The zero-order chi connectivity index (χ0) is 29.8. The minimum absolute atomic E-state index is 0.250. The molecule has 0 spiro atoms. The van der Waals surface area contributed by atoms with Crippen molar-refractivity contribution in [3.63, 3.8) is 0 Å². The average molecular weight is 577 g/mol. The lowest BCUT2D eigenvalue weighted by Gasteiger charge is -2.38. The number of aliphatic hydroxyl groups excluding tert-OH is 1. The van der Waals surface area contributed by atoms with Gasteiger partial charge in [0.25, 0.3) is 0 Å². The molecule has 222 valence electrons. The van der Waals surface area contributed by atoms with Crippen LogP contribution in [0.2, 0.25) is 0 Å². The van der Waals surface area contributed by atoms with Gasteiger partial charge in [0.15, 0.2) is 0 Å². The van der Waals surface area contributed by atoms with Crippen molar-refractivity contribution in [2.45, 2.75) is 25.6 Å². The maximum atomic E-state index is 10.8. The van der Waals surface area contributed by atoms with Crippen LogP contribution in [-0.4, -0.2) is 68.2 Å². The van der Waals surface area contributed by atoms with E-state index in [1.807, 2.05) is 36.4 Å². The SMILES string of the molecule is COc1ccc2c(c1)OC(C)(C)C(c1ccccc1)=C2c1ccc(OCC(O)CN2CCN(c3ccccc3)CC2)cc1. The van der Waals surface area contributed by atoms with Gasteiger partial charge in [0, 0.05) is 61.2 Å². The fraction of sp³-hybridized carbons (Fsp3) is 0.297. The van der Waals surface area contributed by atoms with Crippen LogP contribution in [0.3, 0.4) is 0 Å². The summed E-state index contributed by atoms with van der Waals surface area (Å²) in [7, 11) is 1.67. The van der Waals surface area contributed by atoms with E-state index >= 15 is 0 Å². The molecule has 1 atom stereocenters. The van der Waals surface area contributed by atoms with Crippen LogP contribution in [0.5, 0.6) is 17.2 Å². The Hall–Kier alpha value is -4.26. The highest BCUT2D eigenvalue weighted by Gasteiger charge is 2.36. The molecule has 4 aromatic carbocycles. The first-order chi connectivity index (χ1) is 20.9. The maximum absolute atomic E-state index is 10.8. The van der Waals surface area contributed by atoms with E-state index in [9.17, 15) is 5.11 Å². The molecule has 0 bridgehead atoms. The van der Waals surface area contributed by atoms with Gasteiger partial charge in [-0.05, 0) is 61.4 Å². The molecule has 1 N–H and O–H groups in total. The van der Waals surface area contributed by atoms with Crippen molar-refractivity contribution in [3.8, 4) is 17.2 Å². The first-order valence-corrected chi connectivity index (χ1v) is 15.0. The molecule has 43 heavy (non-hydrogen) atoms. The molecule has 1 fully saturated rings. The quantitative estimate of drug-likeness (QED) is 0.249. The van der Waals surface area contributed by atoms with Crippen LogP contribution in [-0.2, 0) is 0 Å². The Morgan fingerprint density at radius 1 is 0.791 bits per heavy atom. The summed E-state index contributed by atoms with van der Waals surface area (Å²) in [4.78, 5) is 4.71. The lowest BCUT2D eigenvalue weighted by Crippen LogP contribution is -2.49. The Morgan fingerprint density at radius 2 is 1.44 bits per heavy atom. The highest BCUT2D eigenvalue weighted by atomic mass is 16.5. The Morgan fingerprint density at radius 3 is 2.12 bits per heavy atom. The molecule has 2 heterocycles. The summed E-state index contributed by atoms with van der Waals surface area (Å²) in [5.74, 6) is 2.30. The number of aliphatic hydroxyl groups is 1. The molecule has 6 heteroatoms. The molecule has 6 rings (SSSR count). The second-order valence-electron chi connectivity index (χ2n) is 11.7. The second-order valence-corrected chi connectivity index (χ2v) is 11.7. The van der Waals surface area contributed by atoms with Gasteiger partial charge in [-0.2, -0.15) is 0 Å². The number of hydrogen-bond donors (Lipinski definition) is 1. The Bertz CT molecular complexity index is 1540. The second kappa shape index (κ2) is 12.5. The van der Waals surface area contributed by atoms with Crippen LogP contribution in [0.15, 0.2) is 103 Å². The largest absolute Gasteiger partial charge is 0.497 e. The summed E-state index contributed by atoms with van der Waals surface area (Å²) >= 11 is 0. The number of piperazine rings is 1. The number of nitrogens with zero attached hydrogens (tertiary/aromatic N) is 2. The average Bonchev–Trinajstić information content (AvgIpc) is 3.04. The number of methoxy groups -OCH3 is 1. The number of anilines is 1. The van der Waals surface area contributed by atoms with Crippen LogP contribution in [0.4, 0.5) is 5.69 Å². The number of para-hydroxylation sites is 1. The van der Waals surface area contributed by atoms with Gasteiger partial charge in [0.1, 0.15) is 35.6 Å². The number of rotatable bonds is 9. The number of hydrogen-bond acceptors (Lipinski definition) is 6. The van der Waals surface area contributed by atoms with E-state index in [-0.39, 0.29) is 6.61 Å². The highest BCUT2D eigenvalue weighted by Crippen LogP contribution is 2.49. The molecule has 0 amide bonds. The highest BCUT2D eigenvalue weighted by molar-refractivity contribution is 6.04. The fourth-order valence-corrected chi connectivity index (χ4v) is 6.17. The molecule has 4 aromatic rings. The van der Waals surface area contributed by atoms with Crippen molar-refractivity contribution >= 4 is 16.8 Å². The lowest BCUT2D eigenvalue weighted by molar-refractivity contribution is 0.0663. The standard InChI is InChI=1S/C37H40N2O4/c1-37(2)36(28-10-6-4-7-11-28)35(33-19-18-32(41-3)24-34(33)43-37)27-14-16-31(17-15-27)42-26-30(40)25-38-20-22-39(23-21-38)29-12-8-5-9-13-29/h4-19,24,30,40H,20-23,25-26H2,1-3H3. The van der Waals surface area contributed by atoms with Gasteiger partial charge in [-0.15, -0.1) is 0 Å². The van der Waals surface area contributed by atoms with Gasteiger partial charge in [0.05, 0.1) is 7.11 Å². The molecular formula is C37H40N2O4. The third kappa shape index (κ3) is 6.41. The van der Waals surface area contributed by atoms with Crippen molar-refractivity contribution in [3.05, 3.63) is 120 Å². The predicted molar refractivity (Wildman–Crippen MR) is 173 cm³/mol. The number of ether oxygens (including phenoxy) is 3. The van der Waals surface area contributed by atoms with Crippen molar-refractivity contribution in [1.82, 2.24) is 4.90 Å². The summed E-state index contributed by atoms with van der Waals surface area (Å²) in [5, 5.41) is 10.8. The summed E-state index contributed by atoms with van der Waals surface area (Å²) in [6, 6.07) is 35.1. The van der Waals surface area contributed by atoms with E-state index in [1.165, 1.54) is 5.69 Å². The van der Waals surface area contributed by atoms with Crippen molar-refractivity contribution in [1.29, 1.82) is 0 Å². The van der Waals surface area contributed by atoms with Gasteiger partial charge in [-0.25, -0.2) is 0 Å².